The predicted octanol–water partition coefficient (Wildman–Crippen LogP) is 3.39. The summed E-state index contributed by atoms with van der Waals surface area (Å²) in [6.45, 7) is 5.10. The number of aromatic nitrogens is 4. The number of carbonyl (C=O) groups is 3. The van der Waals surface area contributed by atoms with Crippen LogP contribution in [0.3, 0.4) is 0 Å². The van der Waals surface area contributed by atoms with Crippen LogP contribution in [0.4, 0.5) is 23.7 Å². The molecule has 2 aromatic heterocycles. The van der Waals surface area contributed by atoms with Crippen molar-refractivity contribution in [3.8, 4) is 11.3 Å². The molecule has 4 aliphatic rings. The van der Waals surface area contributed by atoms with E-state index in [1.807, 2.05) is 4.90 Å². The van der Waals surface area contributed by atoms with E-state index < -0.39 is 17.8 Å². The minimum absolute atomic E-state index is 0.0132. The number of nitrogens with zero attached hydrogens (tertiary/aromatic N) is 5. The van der Waals surface area contributed by atoms with Crippen LogP contribution in [0.25, 0.3) is 11.3 Å². The molecule has 0 unspecified atom stereocenters. The highest BCUT2D eigenvalue weighted by Gasteiger charge is 2.57. The fourth-order valence-electron chi connectivity index (χ4n) is 7.08. The molecule has 2 aliphatic carbocycles. The minimum Gasteiger partial charge on any atom is -0.349 e. The number of amides is 4. The lowest BCUT2D eigenvalue weighted by molar-refractivity contribution is -0.141. The van der Waals surface area contributed by atoms with Gasteiger partial charge in [-0.3, -0.25) is 14.3 Å². The maximum Gasteiger partial charge on any atom is 0.435 e. The molecule has 3 aromatic rings. The van der Waals surface area contributed by atoms with Gasteiger partial charge in [0.1, 0.15) is 0 Å². The van der Waals surface area contributed by atoms with Crippen LogP contribution in [0, 0.1) is 24.7 Å². The molecule has 1 aromatic carbocycles. The zero-order valence-corrected chi connectivity index (χ0v) is 26.2. The van der Waals surface area contributed by atoms with Crippen LogP contribution in [-0.2, 0) is 19.8 Å². The Hall–Kier alpha value is -4.40. The number of urea groups is 1. The van der Waals surface area contributed by atoms with Gasteiger partial charge in [-0.15, -0.1) is 0 Å². The van der Waals surface area contributed by atoms with Crippen LogP contribution in [-0.4, -0.2) is 80.3 Å². The van der Waals surface area contributed by atoms with Crippen LogP contribution in [0.1, 0.15) is 57.9 Å². The third-order valence-corrected chi connectivity index (χ3v) is 10.1. The first kappa shape index (κ1) is 31.2. The van der Waals surface area contributed by atoms with Crippen molar-refractivity contribution in [3.05, 3.63) is 53.2 Å². The topological polar surface area (TPSA) is 138 Å². The summed E-state index contributed by atoms with van der Waals surface area (Å²) in [4.78, 5) is 44.8. The molecule has 0 bridgehead atoms. The fraction of sp³-hybridized carbons (Fsp3) is 0.531. The SMILES string of the molecule is Cc1cc(NC(=O)c2ncc(-c3cn(CC4CCC4)nc3C(F)(F)F)n2C)ccc1C(=O)N[C@H]1[C@@H]2CN(C(=O)N[C@H]3CCNC3)C[C@@H]21. The molecular formula is C32H38F3N9O3. The Kier molecular flexibility index (Phi) is 7.97. The average molecular weight is 654 g/mol. The number of anilines is 1. The fourth-order valence-corrected chi connectivity index (χ4v) is 7.08. The number of alkyl halides is 3. The highest BCUT2D eigenvalue weighted by atomic mass is 19.4. The van der Waals surface area contributed by atoms with Crippen molar-refractivity contribution >= 4 is 23.5 Å². The van der Waals surface area contributed by atoms with Gasteiger partial charge in [-0.25, -0.2) is 9.78 Å². The average Bonchev–Trinajstić information content (AvgIpc) is 3.61. The quantitative estimate of drug-likeness (QED) is 0.294. The standard InChI is InChI=1S/C32H38F3N9O3/c1-17-10-19(6-7-21(17)29(45)40-26-22-14-43(15-23(22)26)31(47)39-20-8-9-36-11-20)38-30(46)28-37-12-25(42(28)2)24-16-44(13-18-4-3-5-18)41-27(24)32(33,34)35/h6-7,10,12,16,18,20,22-23,26,36H,3-5,8-9,11,13-15H2,1-2H3,(H,38,46)(H,39,47)(H,40,45)/t20-,22-,23+,26+/m0/s1. The molecule has 4 heterocycles. The Morgan fingerprint density at radius 2 is 1.83 bits per heavy atom. The molecule has 2 saturated heterocycles. The van der Waals surface area contributed by atoms with Gasteiger partial charge in [0.25, 0.3) is 11.8 Å². The maximum atomic E-state index is 13.9. The summed E-state index contributed by atoms with van der Waals surface area (Å²) < 4.78 is 44.4. The second-order valence-corrected chi connectivity index (χ2v) is 13.3. The van der Waals surface area contributed by atoms with Crippen molar-refractivity contribution in [2.75, 3.05) is 31.5 Å². The molecule has 4 N–H and O–H groups in total. The molecule has 4 fully saturated rings. The molecule has 2 aliphatic heterocycles. The third kappa shape index (κ3) is 6.20. The van der Waals surface area contributed by atoms with E-state index in [9.17, 15) is 27.6 Å². The smallest absolute Gasteiger partial charge is 0.349 e. The van der Waals surface area contributed by atoms with Crippen molar-refractivity contribution in [1.29, 1.82) is 0 Å². The summed E-state index contributed by atoms with van der Waals surface area (Å²) in [6, 6.07) is 5.03. The van der Waals surface area contributed by atoms with E-state index in [0.717, 1.165) is 38.8 Å². The van der Waals surface area contributed by atoms with E-state index in [0.29, 0.717) is 42.4 Å². The number of imidazole rings is 1. The van der Waals surface area contributed by atoms with E-state index >= 15 is 0 Å². The van der Waals surface area contributed by atoms with Crippen molar-refractivity contribution in [2.45, 2.75) is 57.4 Å². The van der Waals surface area contributed by atoms with Crippen LogP contribution in [0.15, 0.2) is 30.6 Å². The number of fused-ring (bicyclic) bond motifs is 1. The van der Waals surface area contributed by atoms with E-state index in [4.69, 9.17) is 0 Å². The van der Waals surface area contributed by atoms with Crippen molar-refractivity contribution < 1.29 is 27.6 Å². The predicted molar refractivity (Wildman–Crippen MR) is 166 cm³/mol. The maximum absolute atomic E-state index is 13.9. The van der Waals surface area contributed by atoms with E-state index in [-0.39, 0.29) is 52.9 Å². The van der Waals surface area contributed by atoms with Gasteiger partial charge in [0.2, 0.25) is 0 Å². The Labute approximate surface area is 269 Å². The first-order valence-corrected chi connectivity index (χ1v) is 16.1. The van der Waals surface area contributed by atoms with Gasteiger partial charge in [0.15, 0.2) is 11.5 Å². The monoisotopic (exact) mass is 653 g/mol. The molecule has 7 rings (SSSR count). The molecule has 15 heteroatoms. The minimum atomic E-state index is -4.67. The van der Waals surface area contributed by atoms with Gasteiger partial charge in [0.05, 0.1) is 17.5 Å². The lowest BCUT2D eigenvalue weighted by Crippen LogP contribution is -2.46. The summed E-state index contributed by atoms with van der Waals surface area (Å²) in [6.07, 6.45) is 1.90. The van der Waals surface area contributed by atoms with Gasteiger partial charge in [0, 0.05) is 74.6 Å². The molecule has 2 saturated carbocycles. The molecule has 12 nitrogen and oxygen atoms in total. The van der Waals surface area contributed by atoms with Crippen LogP contribution >= 0.6 is 0 Å². The molecule has 4 atom stereocenters. The number of rotatable bonds is 8. The molecular weight excluding hydrogens is 615 g/mol. The normalized spacial score (nSPS) is 23.7. The van der Waals surface area contributed by atoms with E-state index in [1.165, 1.54) is 28.7 Å². The summed E-state index contributed by atoms with van der Waals surface area (Å²) in [7, 11) is 1.49. The van der Waals surface area contributed by atoms with E-state index in [2.05, 4.69) is 31.3 Å². The van der Waals surface area contributed by atoms with Gasteiger partial charge < -0.3 is 30.7 Å². The molecule has 4 amide bonds. The van der Waals surface area contributed by atoms with Crippen LogP contribution < -0.4 is 21.3 Å². The Morgan fingerprint density at radius 1 is 1.06 bits per heavy atom. The van der Waals surface area contributed by atoms with Crippen LogP contribution in [0.2, 0.25) is 0 Å². The highest BCUT2D eigenvalue weighted by Crippen LogP contribution is 2.45. The number of piperidine rings is 1. The van der Waals surface area contributed by atoms with Gasteiger partial charge in [-0.2, -0.15) is 18.3 Å². The first-order valence-electron chi connectivity index (χ1n) is 16.1. The second-order valence-electron chi connectivity index (χ2n) is 13.3. The van der Waals surface area contributed by atoms with Crippen LogP contribution in [0.5, 0.6) is 0 Å². The molecule has 0 spiro atoms. The molecule has 250 valence electrons. The first-order chi connectivity index (χ1) is 22.5. The summed E-state index contributed by atoms with van der Waals surface area (Å²) in [5.74, 6) is -0.110. The van der Waals surface area contributed by atoms with Crippen molar-refractivity contribution in [3.63, 3.8) is 0 Å². The Bertz CT molecular complexity index is 1690. The lowest BCUT2D eigenvalue weighted by atomic mass is 9.85. The number of nitrogens with one attached hydrogen (secondary N) is 4. The zero-order chi connectivity index (χ0) is 33.0. The Morgan fingerprint density at radius 3 is 2.47 bits per heavy atom. The summed E-state index contributed by atoms with van der Waals surface area (Å²) in [5, 5.41) is 16.0. The number of hydrogen-bond donors (Lipinski definition) is 4. The molecule has 0 radical (unpaired) electrons. The largest absolute Gasteiger partial charge is 0.435 e. The number of aryl methyl sites for hydroxylation is 1. The summed E-state index contributed by atoms with van der Waals surface area (Å²) in [5.41, 5.74) is 0.520. The van der Waals surface area contributed by atoms with Crippen molar-refractivity contribution in [2.24, 2.45) is 24.8 Å². The van der Waals surface area contributed by atoms with Crippen molar-refractivity contribution in [1.82, 2.24) is 40.2 Å². The third-order valence-electron chi connectivity index (χ3n) is 10.1. The zero-order valence-electron chi connectivity index (χ0n) is 26.2. The second kappa shape index (κ2) is 12.0. The number of halogens is 3. The molecule has 47 heavy (non-hydrogen) atoms. The Balaban J connectivity index is 0.964. The van der Waals surface area contributed by atoms with Gasteiger partial charge in [-0.1, -0.05) is 6.42 Å². The number of carbonyl (C=O) groups excluding carboxylic acids is 3. The highest BCUT2D eigenvalue weighted by molar-refractivity contribution is 6.03. The number of benzene rings is 1. The number of likely N-dealkylation sites (tertiary alicyclic amines) is 1. The van der Waals surface area contributed by atoms with Gasteiger partial charge >= 0.3 is 12.2 Å². The lowest BCUT2D eigenvalue weighted by Gasteiger charge is -2.24. The van der Waals surface area contributed by atoms with E-state index in [1.54, 1.807) is 25.1 Å². The van der Waals surface area contributed by atoms with Gasteiger partial charge in [-0.05, 0) is 62.4 Å². The number of hydrogen-bond acceptors (Lipinski definition) is 6. The summed E-state index contributed by atoms with van der Waals surface area (Å²) >= 11 is 0.